The van der Waals surface area contributed by atoms with E-state index in [-0.39, 0.29) is 23.6 Å². The Labute approximate surface area is 151 Å². The molecular formula is C19H32N4O2. The molecule has 1 saturated heterocycles. The van der Waals surface area contributed by atoms with Crippen molar-refractivity contribution in [1.82, 2.24) is 20.1 Å². The molecule has 0 spiro atoms. The molecule has 0 radical (unpaired) electrons. The summed E-state index contributed by atoms with van der Waals surface area (Å²) in [6.45, 7) is 12.2. The van der Waals surface area contributed by atoms with Gasteiger partial charge in [0.15, 0.2) is 0 Å². The van der Waals surface area contributed by atoms with E-state index in [9.17, 15) is 4.79 Å². The molecular weight excluding hydrogens is 316 g/mol. The summed E-state index contributed by atoms with van der Waals surface area (Å²) in [7, 11) is 1.69. The standard InChI is InChI=1S/C19H32N4O2/c1-15(16-8-6-7-9-20-16)22-10-12-23(13-11-22)18(24)21-14-17(25-5)19(2,3)4/h6-9,15,17H,10-14H2,1-5H3,(H,21,24)/t15-,17-/m0/s1. The lowest BCUT2D eigenvalue weighted by Gasteiger charge is -2.38. The Kier molecular flexibility index (Phi) is 6.79. The summed E-state index contributed by atoms with van der Waals surface area (Å²) in [5.41, 5.74) is 1.08. The maximum Gasteiger partial charge on any atom is 0.317 e. The Morgan fingerprint density at radius 1 is 1.28 bits per heavy atom. The number of amides is 2. The van der Waals surface area contributed by atoms with Gasteiger partial charge in [-0.3, -0.25) is 9.88 Å². The summed E-state index contributed by atoms with van der Waals surface area (Å²) in [6.07, 6.45) is 1.83. The zero-order chi connectivity index (χ0) is 18.4. The van der Waals surface area contributed by atoms with Crippen molar-refractivity contribution in [2.75, 3.05) is 39.8 Å². The highest BCUT2D eigenvalue weighted by Gasteiger charge is 2.28. The van der Waals surface area contributed by atoms with E-state index < -0.39 is 0 Å². The lowest BCUT2D eigenvalue weighted by atomic mass is 9.89. The fourth-order valence-corrected chi connectivity index (χ4v) is 3.16. The predicted octanol–water partition coefficient (Wildman–Crippen LogP) is 2.53. The number of rotatable bonds is 5. The minimum atomic E-state index is -0.00330. The molecule has 1 fully saturated rings. The van der Waals surface area contributed by atoms with Crippen LogP contribution < -0.4 is 5.32 Å². The number of piperazine rings is 1. The molecule has 0 bridgehead atoms. The topological polar surface area (TPSA) is 57.7 Å². The minimum absolute atomic E-state index is 0.00115. The van der Waals surface area contributed by atoms with Gasteiger partial charge in [-0.25, -0.2) is 4.79 Å². The SMILES string of the molecule is CO[C@@H](CNC(=O)N1CCN([C@@H](C)c2ccccn2)CC1)C(C)(C)C. The van der Waals surface area contributed by atoms with Crippen LogP contribution >= 0.6 is 0 Å². The van der Waals surface area contributed by atoms with Crippen LogP contribution in [0.1, 0.15) is 39.4 Å². The summed E-state index contributed by atoms with van der Waals surface area (Å²) in [4.78, 5) is 21.1. The quantitative estimate of drug-likeness (QED) is 0.888. The van der Waals surface area contributed by atoms with Crippen LogP contribution in [-0.2, 0) is 4.74 Å². The second-order valence-corrected chi connectivity index (χ2v) is 7.73. The van der Waals surface area contributed by atoms with Gasteiger partial charge >= 0.3 is 6.03 Å². The molecule has 2 amide bonds. The molecule has 1 aliphatic heterocycles. The van der Waals surface area contributed by atoms with Crippen LogP contribution in [0.2, 0.25) is 0 Å². The molecule has 2 rings (SSSR count). The first-order valence-corrected chi connectivity index (χ1v) is 9.03. The van der Waals surface area contributed by atoms with E-state index in [1.54, 1.807) is 7.11 Å². The normalized spacial score (nSPS) is 18.7. The molecule has 0 aromatic carbocycles. The molecule has 1 aromatic heterocycles. The predicted molar refractivity (Wildman–Crippen MR) is 99.4 cm³/mol. The summed E-state index contributed by atoms with van der Waals surface area (Å²) in [6, 6.07) is 6.27. The number of ether oxygens (including phenoxy) is 1. The summed E-state index contributed by atoms with van der Waals surface area (Å²) in [5.74, 6) is 0. The lowest BCUT2D eigenvalue weighted by molar-refractivity contribution is 0.0179. The lowest BCUT2D eigenvalue weighted by Crippen LogP contribution is -2.53. The number of hydrogen-bond acceptors (Lipinski definition) is 4. The monoisotopic (exact) mass is 348 g/mol. The number of urea groups is 1. The number of aromatic nitrogens is 1. The van der Waals surface area contributed by atoms with Crippen molar-refractivity contribution >= 4 is 6.03 Å². The Morgan fingerprint density at radius 3 is 2.48 bits per heavy atom. The fourth-order valence-electron chi connectivity index (χ4n) is 3.16. The molecule has 6 heteroatoms. The zero-order valence-electron chi connectivity index (χ0n) is 16.2. The van der Waals surface area contributed by atoms with Gasteiger partial charge in [0.25, 0.3) is 0 Å². The number of carbonyl (C=O) groups excluding carboxylic acids is 1. The number of nitrogens with zero attached hydrogens (tertiary/aromatic N) is 3. The molecule has 1 aliphatic rings. The Balaban J connectivity index is 1.80. The molecule has 0 aliphatic carbocycles. The van der Waals surface area contributed by atoms with Crippen LogP contribution in [0.3, 0.4) is 0 Å². The van der Waals surface area contributed by atoms with Crippen molar-refractivity contribution in [3.63, 3.8) is 0 Å². The van der Waals surface area contributed by atoms with E-state index >= 15 is 0 Å². The highest BCUT2D eigenvalue weighted by atomic mass is 16.5. The Hall–Kier alpha value is -1.66. The number of hydrogen-bond donors (Lipinski definition) is 1. The summed E-state index contributed by atoms with van der Waals surface area (Å²) in [5, 5.41) is 3.02. The molecule has 0 unspecified atom stereocenters. The van der Waals surface area contributed by atoms with E-state index in [0.717, 1.165) is 31.9 Å². The van der Waals surface area contributed by atoms with Crippen molar-refractivity contribution in [1.29, 1.82) is 0 Å². The van der Waals surface area contributed by atoms with Crippen LogP contribution in [0, 0.1) is 5.41 Å². The van der Waals surface area contributed by atoms with Crippen LogP contribution in [0.4, 0.5) is 4.79 Å². The van der Waals surface area contributed by atoms with Gasteiger partial charge in [-0.05, 0) is 24.5 Å². The van der Waals surface area contributed by atoms with Gasteiger partial charge in [0.1, 0.15) is 0 Å². The van der Waals surface area contributed by atoms with E-state index in [0.29, 0.717) is 6.54 Å². The van der Waals surface area contributed by atoms with Crippen molar-refractivity contribution in [2.45, 2.75) is 39.8 Å². The highest BCUT2D eigenvalue weighted by molar-refractivity contribution is 5.74. The third-order valence-corrected chi connectivity index (χ3v) is 4.95. The van der Waals surface area contributed by atoms with Crippen LogP contribution in [0.25, 0.3) is 0 Å². The van der Waals surface area contributed by atoms with E-state index in [1.165, 1.54) is 0 Å². The first-order chi connectivity index (χ1) is 11.8. The summed E-state index contributed by atoms with van der Waals surface area (Å²) >= 11 is 0. The molecule has 140 valence electrons. The molecule has 1 N–H and O–H groups in total. The van der Waals surface area contributed by atoms with Gasteiger partial charge in [0.05, 0.1) is 11.8 Å². The van der Waals surface area contributed by atoms with Crippen molar-refractivity contribution in [3.8, 4) is 0 Å². The molecule has 25 heavy (non-hydrogen) atoms. The number of methoxy groups -OCH3 is 1. The third-order valence-electron chi connectivity index (χ3n) is 4.95. The van der Waals surface area contributed by atoms with Gasteiger partial charge in [-0.15, -0.1) is 0 Å². The van der Waals surface area contributed by atoms with Gasteiger partial charge in [0.2, 0.25) is 0 Å². The minimum Gasteiger partial charge on any atom is -0.379 e. The van der Waals surface area contributed by atoms with Crippen LogP contribution in [-0.4, -0.2) is 66.8 Å². The first kappa shape index (κ1) is 19.7. The van der Waals surface area contributed by atoms with Crippen molar-refractivity contribution < 1.29 is 9.53 Å². The number of pyridine rings is 1. The molecule has 2 atom stereocenters. The number of nitrogens with one attached hydrogen (secondary N) is 1. The van der Waals surface area contributed by atoms with Gasteiger partial charge in [-0.1, -0.05) is 26.8 Å². The highest BCUT2D eigenvalue weighted by Crippen LogP contribution is 2.21. The first-order valence-electron chi connectivity index (χ1n) is 9.03. The largest absolute Gasteiger partial charge is 0.379 e. The summed E-state index contributed by atoms with van der Waals surface area (Å²) < 4.78 is 5.50. The van der Waals surface area contributed by atoms with Crippen molar-refractivity contribution in [3.05, 3.63) is 30.1 Å². The Morgan fingerprint density at radius 2 is 1.96 bits per heavy atom. The molecule has 2 heterocycles. The second kappa shape index (κ2) is 8.63. The van der Waals surface area contributed by atoms with Crippen LogP contribution in [0.5, 0.6) is 0 Å². The van der Waals surface area contributed by atoms with E-state index in [1.807, 2.05) is 23.2 Å². The molecule has 0 saturated carbocycles. The van der Waals surface area contributed by atoms with Gasteiger partial charge in [-0.2, -0.15) is 0 Å². The average molecular weight is 348 g/mol. The average Bonchev–Trinajstić information content (AvgIpc) is 2.61. The van der Waals surface area contributed by atoms with E-state index in [4.69, 9.17) is 4.74 Å². The second-order valence-electron chi connectivity index (χ2n) is 7.73. The van der Waals surface area contributed by atoms with Crippen LogP contribution in [0.15, 0.2) is 24.4 Å². The van der Waals surface area contributed by atoms with Crippen molar-refractivity contribution in [2.24, 2.45) is 5.41 Å². The maximum atomic E-state index is 12.4. The third kappa shape index (κ3) is 5.41. The molecule has 1 aromatic rings. The van der Waals surface area contributed by atoms with Gasteiger partial charge in [0, 0.05) is 52.1 Å². The van der Waals surface area contributed by atoms with E-state index in [2.05, 4.69) is 49.0 Å². The molecule has 6 nitrogen and oxygen atoms in total. The fraction of sp³-hybridized carbons (Fsp3) is 0.684. The maximum absolute atomic E-state index is 12.4. The number of carbonyl (C=O) groups is 1. The zero-order valence-corrected chi connectivity index (χ0v) is 16.2. The Bertz CT molecular complexity index is 536. The smallest absolute Gasteiger partial charge is 0.317 e. The van der Waals surface area contributed by atoms with Gasteiger partial charge < -0.3 is 15.0 Å².